The van der Waals surface area contributed by atoms with Gasteiger partial charge in [-0.3, -0.25) is 14.3 Å². The monoisotopic (exact) mass is 511 g/mol. The number of hydrogen-bond acceptors (Lipinski definition) is 6. The lowest BCUT2D eigenvalue weighted by Crippen LogP contribution is -2.16. The minimum Gasteiger partial charge on any atom is -0.321 e. The first-order valence-corrected chi connectivity index (χ1v) is 11.3. The summed E-state index contributed by atoms with van der Waals surface area (Å²) >= 11 is 1.25. The molecule has 0 fully saturated rings. The van der Waals surface area contributed by atoms with Crippen LogP contribution < -0.4 is 10.6 Å². The van der Waals surface area contributed by atoms with Crippen LogP contribution in [-0.2, 0) is 13.2 Å². The highest BCUT2D eigenvalue weighted by Crippen LogP contribution is 2.33. The van der Waals surface area contributed by atoms with E-state index in [1.165, 1.54) is 28.2 Å². The molecule has 0 saturated carbocycles. The van der Waals surface area contributed by atoms with Crippen molar-refractivity contribution in [2.24, 2.45) is 7.05 Å². The van der Waals surface area contributed by atoms with Gasteiger partial charge in [0.25, 0.3) is 11.8 Å². The molecule has 2 N–H and O–H groups in total. The maximum atomic E-state index is 13.7. The summed E-state index contributed by atoms with van der Waals surface area (Å²) in [5.41, 5.74) is -0.373. The Balaban J connectivity index is 1.40. The van der Waals surface area contributed by atoms with Gasteiger partial charge in [0, 0.05) is 30.7 Å². The summed E-state index contributed by atoms with van der Waals surface area (Å²) in [7, 11) is 1.68. The predicted octanol–water partition coefficient (Wildman–Crippen LogP) is 4.71. The number of amides is 2. The van der Waals surface area contributed by atoms with Crippen molar-refractivity contribution in [3.8, 4) is 10.6 Å². The van der Waals surface area contributed by atoms with Crippen molar-refractivity contribution < 1.29 is 22.8 Å². The minimum absolute atomic E-state index is 0.116. The summed E-state index contributed by atoms with van der Waals surface area (Å²) in [6.45, 7) is 0. The Labute approximate surface area is 205 Å². The van der Waals surface area contributed by atoms with Crippen molar-refractivity contribution in [1.29, 1.82) is 0 Å². The Hall–Kier alpha value is -4.52. The molecule has 182 valence electrons. The number of benzene rings is 1. The van der Waals surface area contributed by atoms with Crippen LogP contribution in [0.15, 0.2) is 66.2 Å². The molecule has 36 heavy (non-hydrogen) atoms. The molecule has 0 aliphatic heterocycles. The topological polar surface area (TPSA) is 106 Å². The van der Waals surface area contributed by atoms with Crippen LogP contribution in [0.1, 0.15) is 26.7 Å². The van der Waals surface area contributed by atoms with E-state index in [2.05, 4.69) is 25.8 Å². The van der Waals surface area contributed by atoms with E-state index in [4.69, 9.17) is 0 Å². The maximum Gasteiger partial charge on any atom is 0.433 e. The molecule has 2 amide bonds. The number of carbonyl (C=O) groups excluding carboxylic acids is 2. The largest absolute Gasteiger partial charge is 0.433 e. The molecule has 0 atom stereocenters. The Morgan fingerprint density at radius 1 is 0.917 bits per heavy atom. The van der Waals surface area contributed by atoms with E-state index in [0.29, 0.717) is 20.8 Å². The van der Waals surface area contributed by atoms with Crippen LogP contribution in [0.4, 0.5) is 24.5 Å². The molecule has 0 aliphatic rings. The van der Waals surface area contributed by atoms with Gasteiger partial charge in [0.2, 0.25) is 0 Å². The number of halogens is 3. The number of hydrogen-bond donors (Lipinski definition) is 2. The zero-order valence-corrected chi connectivity index (χ0v) is 19.3. The SMILES string of the molecule is Cn1ccc(C(=O)Nc2cccc(NC(=O)c3cc4nc(-c5cccs5)cc(C(F)(F)F)n4n3)c2)n1. The van der Waals surface area contributed by atoms with Crippen LogP contribution >= 0.6 is 11.3 Å². The molecule has 13 heteroatoms. The Kier molecular flexibility index (Phi) is 5.76. The summed E-state index contributed by atoms with van der Waals surface area (Å²) in [4.78, 5) is 30.0. The molecule has 0 bridgehead atoms. The van der Waals surface area contributed by atoms with E-state index in [-0.39, 0.29) is 22.7 Å². The van der Waals surface area contributed by atoms with E-state index in [9.17, 15) is 22.8 Å². The molecule has 0 aliphatic carbocycles. The van der Waals surface area contributed by atoms with E-state index >= 15 is 0 Å². The summed E-state index contributed by atoms with van der Waals surface area (Å²) in [5.74, 6) is -1.17. The van der Waals surface area contributed by atoms with Gasteiger partial charge in [0.05, 0.1) is 10.6 Å². The van der Waals surface area contributed by atoms with E-state index in [1.54, 1.807) is 55.0 Å². The zero-order valence-electron chi connectivity index (χ0n) is 18.4. The van der Waals surface area contributed by atoms with Crippen LogP contribution in [0, 0.1) is 0 Å². The normalized spacial score (nSPS) is 11.6. The highest BCUT2D eigenvalue weighted by molar-refractivity contribution is 7.13. The first-order valence-electron chi connectivity index (χ1n) is 10.4. The fourth-order valence-corrected chi connectivity index (χ4v) is 4.13. The third-order valence-corrected chi connectivity index (χ3v) is 5.94. The highest BCUT2D eigenvalue weighted by Gasteiger charge is 2.35. The van der Waals surface area contributed by atoms with Crippen molar-refractivity contribution in [3.05, 3.63) is 83.3 Å². The number of thiophene rings is 1. The van der Waals surface area contributed by atoms with Gasteiger partial charge < -0.3 is 10.6 Å². The molecule has 0 spiro atoms. The molecule has 9 nitrogen and oxygen atoms in total. The molecule has 0 radical (unpaired) electrons. The number of aromatic nitrogens is 5. The molecule has 1 aromatic carbocycles. The number of alkyl halides is 3. The second kappa shape index (κ2) is 8.92. The Morgan fingerprint density at radius 3 is 2.25 bits per heavy atom. The van der Waals surface area contributed by atoms with E-state index in [0.717, 1.165) is 6.07 Å². The summed E-state index contributed by atoms with van der Waals surface area (Å²) in [6.07, 6.45) is -3.09. The fourth-order valence-electron chi connectivity index (χ4n) is 3.44. The lowest BCUT2D eigenvalue weighted by Gasteiger charge is -2.10. The Morgan fingerprint density at radius 2 is 1.64 bits per heavy atom. The molecule has 4 aromatic heterocycles. The number of nitrogens with one attached hydrogen (secondary N) is 2. The van der Waals surface area contributed by atoms with Gasteiger partial charge in [-0.25, -0.2) is 9.50 Å². The zero-order chi connectivity index (χ0) is 25.4. The summed E-state index contributed by atoms with van der Waals surface area (Å²) in [5, 5.41) is 14.9. The number of anilines is 2. The third-order valence-electron chi connectivity index (χ3n) is 5.05. The third kappa shape index (κ3) is 4.68. The van der Waals surface area contributed by atoms with Gasteiger partial charge in [0.1, 0.15) is 0 Å². The molecular weight excluding hydrogens is 495 g/mol. The standard InChI is InChI=1S/C23H16F3N7O2S/c1-32-8-7-15(30-32)21(34)27-13-4-2-5-14(10-13)28-22(35)17-12-20-29-16(18-6-3-9-36-18)11-19(23(24,25)26)33(20)31-17/h2-12H,1H3,(H,27,34)(H,28,35). The quantitative estimate of drug-likeness (QED) is 0.355. The van der Waals surface area contributed by atoms with Crippen molar-refractivity contribution in [3.63, 3.8) is 0 Å². The summed E-state index contributed by atoms with van der Waals surface area (Å²) < 4.78 is 43.3. The van der Waals surface area contributed by atoms with Crippen LogP contribution in [-0.4, -0.2) is 36.2 Å². The van der Waals surface area contributed by atoms with Crippen molar-refractivity contribution >= 4 is 40.2 Å². The molecule has 5 rings (SSSR count). The highest BCUT2D eigenvalue weighted by atomic mass is 32.1. The lowest BCUT2D eigenvalue weighted by molar-refractivity contribution is -0.142. The Bertz CT molecular complexity index is 1590. The molecule has 0 saturated heterocycles. The van der Waals surface area contributed by atoms with Crippen molar-refractivity contribution in [2.45, 2.75) is 6.18 Å². The molecular formula is C23H16F3N7O2S. The van der Waals surface area contributed by atoms with Gasteiger partial charge in [0.15, 0.2) is 22.7 Å². The van der Waals surface area contributed by atoms with Crippen LogP contribution in [0.25, 0.3) is 16.2 Å². The number of nitrogens with zero attached hydrogens (tertiary/aromatic N) is 5. The number of carbonyl (C=O) groups is 2. The van der Waals surface area contributed by atoms with Gasteiger partial charge in [-0.05, 0) is 41.8 Å². The molecule has 4 heterocycles. The van der Waals surface area contributed by atoms with E-state index < -0.39 is 23.7 Å². The van der Waals surface area contributed by atoms with Crippen LogP contribution in [0.2, 0.25) is 0 Å². The predicted molar refractivity (Wildman–Crippen MR) is 127 cm³/mol. The minimum atomic E-state index is -4.72. The van der Waals surface area contributed by atoms with Crippen molar-refractivity contribution in [2.75, 3.05) is 10.6 Å². The lowest BCUT2D eigenvalue weighted by atomic mass is 10.2. The van der Waals surface area contributed by atoms with Gasteiger partial charge in [-0.2, -0.15) is 23.4 Å². The molecule has 5 aromatic rings. The first-order chi connectivity index (χ1) is 17.2. The van der Waals surface area contributed by atoms with Gasteiger partial charge >= 0.3 is 6.18 Å². The fraction of sp³-hybridized carbons (Fsp3) is 0.0870. The smallest absolute Gasteiger partial charge is 0.321 e. The average Bonchev–Trinajstić information content (AvgIpc) is 3.58. The number of rotatable bonds is 5. The molecule has 0 unspecified atom stereocenters. The van der Waals surface area contributed by atoms with Crippen LogP contribution in [0.3, 0.4) is 0 Å². The number of aryl methyl sites for hydroxylation is 1. The number of fused-ring (bicyclic) bond motifs is 1. The van der Waals surface area contributed by atoms with Gasteiger partial charge in [-0.15, -0.1) is 11.3 Å². The van der Waals surface area contributed by atoms with Crippen LogP contribution in [0.5, 0.6) is 0 Å². The van der Waals surface area contributed by atoms with Gasteiger partial charge in [-0.1, -0.05) is 12.1 Å². The first kappa shape index (κ1) is 23.2. The van der Waals surface area contributed by atoms with Crippen molar-refractivity contribution in [1.82, 2.24) is 24.4 Å². The second-order valence-corrected chi connectivity index (χ2v) is 8.61. The van der Waals surface area contributed by atoms with E-state index in [1.807, 2.05) is 0 Å². The summed E-state index contributed by atoms with van der Waals surface area (Å²) in [6, 6.07) is 13.3. The second-order valence-electron chi connectivity index (χ2n) is 7.66. The average molecular weight is 511 g/mol. The maximum absolute atomic E-state index is 13.7.